The molecule has 130 valence electrons. The normalized spacial score (nSPS) is 11.6. The van der Waals surface area contributed by atoms with E-state index in [9.17, 15) is 14.7 Å². The number of nitrogens with one attached hydrogen (secondary N) is 2. The minimum absolute atomic E-state index is 0.00264. The molecule has 0 saturated heterocycles. The van der Waals surface area contributed by atoms with Crippen molar-refractivity contribution in [1.82, 2.24) is 14.6 Å². The monoisotopic (exact) mass is 350 g/mol. The maximum absolute atomic E-state index is 12.7. The Labute approximate surface area is 146 Å². The minimum atomic E-state index is -0.694. The first kappa shape index (κ1) is 15.7. The van der Waals surface area contributed by atoms with Crippen LogP contribution in [0, 0.1) is 0 Å². The molecular formula is C18H14N4O4. The highest BCUT2D eigenvalue weighted by atomic mass is 16.5. The average molecular weight is 350 g/mol. The van der Waals surface area contributed by atoms with Gasteiger partial charge < -0.3 is 19.8 Å². The summed E-state index contributed by atoms with van der Waals surface area (Å²) >= 11 is 0. The van der Waals surface area contributed by atoms with E-state index in [4.69, 9.17) is 4.74 Å². The van der Waals surface area contributed by atoms with Crippen LogP contribution in [0.2, 0.25) is 0 Å². The molecule has 0 saturated carbocycles. The fraction of sp³-hybridized carbons (Fsp3) is 0.0556. The van der Waals surface area contributed by atoms with Crippen molar-refractivity contribution in [2.24, 2.45) is 5.10 Å². The van der Waals surface area contributed by atoms with Crippen LogP contribution < -0.4 is 16.0 Å². The fourth-order valence-corrected chi connectivity index (χ4v) is 2.85. The Kier molecular flexibility index (Phi) is 3.58. The number of hydrogen-bond donors (Lipinski definition) is 3. The molecule has 0 unspecified atom stereocenters. The predicted octanol–water partition coefficient (Wildman–Crippen LogP) is 1.77. The fourth-order valence-electron chi connectivity index (χ4n) is 2.85. The molecule has 0 aliphatic heterocycles. The van der Waals surface area contributed by atoms with Crippen molar-refractivity contribution in [3.63, 3.8) is 0 Å². The van der Waals surface area contributed by atoms with E-state index in [2.05, 4.69) is 15.1 Å². The quantitative estimate of drug-likeness (QED) is 0.489. The van der Waals surface area contributed by atoms with Crippen molar-refractivity contribution in [3.8, 4) is 11.5 Å². The smallest absolute Gasteiger partial charge is 0.350 e. The van der Waals surface area contributed by atoms with Crippen molar-refractivity contribution >= 4 is 28.2 Å². The largest absolute Gasteiger partial charge is 0.507 e. The van der Waals surface area contributed by atoms with Crippen LogP contribution in [0.1, 0.15) is 5.56 Å². The van der Waals surface area contributed by atoms with Crippen LogP contribution in [0.15, 0.2) is 57.2 Å². The van der Waals surface area contributed by atoms with Crippen LogP contribution >= 0.6 is 0 Å². The molecule has 8 nitrogen and oxygen atoms in total. The van der Waals surface area contributed by atoms with Gasteiger partial charge in [0, 0.05) is 5.56 Å². The number of H-pyrrole nitrogens is 2. The van der Waals surface area contributed by atoms with E-state index in [1.807, 2.05) is 0 Å². The average Bonchev–Trinajstić information content (AvgIpc) is 3.02. The summed E-state index contributed by atoms with van der Waals surface area (Å²) in [6.45, 7) is 0. The van der Waals surface area contributed by atoms with Gasteiger partial charge in [-0.1, -0.05) is 18.2 Å². The summed E-state index contributed by atoms with van der Waals surface area (Å²) in [5, 5.41) is 14.3. The third-order valence-electron chi connectivity index (χ3n) is 4.09. The molecule has 3 N–H and O–H groups in total. The second kappa shape index (κ2) is 5.92. The molecule has 0 amide bonds. The third kappa shape index (κ3) is 2.35. The maximum atomic E-state index is 12.7. The number of para-hydroxylation sites is 1. The molecule has 0 radical (unpaired) electrons. The molecular weight excluding hydrogens is 336 g/mol. The van der Waals surface area contributed by atoms with E-state index in [-0.39, 0.29) is 11.3 Å². The van der Waals surface area contributed by atoms with Gasteiger partial charge >= 0.3 is 11.2 Å². The Morgan fingerprint density at radius 1 is 1.08 bits per heavy atom. The van der Waals surface area contributed by atoms with Crippen LogP contribution in [0.4, 0.5) is 0 Å². The number of aromatic amines is 2. The zero-order valence-corrected chi connectivity index (χ0v) is 13.7. The molecule has 8 heteroatoms. The molecule has 4 rings (SSSR count). The minimum Gasteiger partial charge on any atom is -0.507 e. The highest BCUT2D eigenvalue weighted by Gasteiger charge is 2.15. The number of fused-ring (bicyclic) bond motifs is 3. The maximum Gasteiger partial charge on any atom is 0.350 e. The predicted molar refractivity (Wildman–Crippen MR) is 98.3 cm³/mol. The van der Waals surface area contributed by atoms with Crippen molar-refractivity contribution < 1.29 is 9.84 Å². The summed E-state index contributed by atoms with van der Waals surface area (Å²) in [6.07, 6.45) is 1.25. The summed E-state index contributed by atoms with van der Waals surface area (Å²) in [5.74, 6) is 0.538. The Morgan fingerprint density at radius 2 is 1.88 bits per heavy atom. The third-order valence-corrected chi connectivity index (χ3v) is 4.09. The molecule has 2 heterocycles. The van der Waals surface area contributed by atoms with Crippen LogP contribution in [0.25, 0.3) is 21.9 Å². The number of methoxy groups -OCH3 is 1. The zero-order valence-electron chi connectivity index (χ0n) is 13.7. The number of rotatable bonds is 3. The lowest BCUT2D eigenvalue weighted by molar-refractivity contribution is 0.420. The van der Waals surface area contributed by atoms with E-state index in [0.717, 1.165) is 0 Å². The van der Waals surface area contributed by atoms with Gasteiger partial charge in [0.15, 0.2) is 0 Å². The van der Waals surface area contributed by atoms with Gasteiger partial charge in [-0.25, -0.2) is 4.79 Å². The van der Waals surface area contributed by atoms with E-state index < -0.39 is 11.2 Å². The summed E-state index contributed by atoms with van der Waals surface area (Å²) < 4.78 is 6.02. The second-order valence-electron chi connectivity index (χ2n) is 5.61. The van der Waals surface area contributed by atoms with Crippen molar-refractivity contribution in [1.29, 1.82) is 0 Å². The summed E-state index contributed by atoms with van der Waals surface area (Å²) in [5.41, 5.74) is 0.321. The van der Waals surface area contributed by atoms with E-state index in [1.165, 1.54) is 19.4 Å². The van der Waals surface area contributed by atoms with Crippen molar-refractivity contribution in [2.45, 2.75) is 0 Å². The Balaban J connectivity index is 1.96. The lowest BCUT2D eigenvalue weighted by atomic mass is 10.2. The van der Waals surface area contributed by atoms with Gasteiger partial charge in [-0.15, -0.1) is 4.68 Å². The van der Waals surface area contributed by atoms with E-state index >= 15 is 0 Å². The van der Waals surface area contributed by atoms with E-state index in [1.54, 1.807) is 36.4 Å². The van der Waals surface area contributed by atoms with Gasteiger partial charge in [-0.2, -0.15) is 5.10 Å². The van der Waals surface area contributed by atoms with Crippen molar-refractivity contribution in [2.75, 3.05) is 7.11 Å². The lowest BCUT2D eigenvalue weighted by Crippen LogP contribution is -2.32. The highest BCUT2D eigenvalue weighted by molar-refractivity contribution is 6.07. The first-order chi connectivity index (χ1) is 12.6. The molecule has 0 fully saturated rings. The van der Waals surface area contributed by atoms with Gasteiger partial charge in [0.2, 0.25) is 0 Å². The molecule has 4 aromatic rings. The molecule has 0 spiro atoms. The number of nitrogens with zero attached hydrogens (tertiary/aromatic N) is 2. The number of aromatic hydroxyl groups is 1. The molecule has 26 heavy (non-hydrogen) atoms. The van der Waals surface area contributed by atoms with Crippen LogP contribution in [0.3, 0.4) is 0 Å². The first-order valence-corrected chi connectivity index (χ1v) is 7.76. The Morgan fingerprint density at radius 3 is 2.65 bits per heavy atom. The zero-order chi connectivity index (χ0) is 18.3. The topological polar surface area (TPSA) is 112 Å². The van der Waals surface area contributed by atoms with Crippen LogP contribution in [0.5, 0.6) is 11.5 Å². The summed E-state index contributed by atoms with van der Waals surface area (Å²) in [6, 6.07) is 11.8. The summed E-state index contributed by atoms with van der Waals surface area (Å²) in [4.78, 5) is 30.8. The standard InChI is InChI=1S/C18H14N4O4/c1-26-13-8-4-6-11-14(13)15-16(20-11)17(24)22(18(25)21-15)19-9-10-5-2-3-7-12(10)23/h2-9,20,23H,1H3,(H,21,25). The number of ether oxygens (including phenoxy) is 1. The van der Waals surface area contributed by atoms with Gasteiger partial charge in [-0.3, -0.25) is 4.79 Å². The molecule has 2 aromatic carbocycles. The Bertz CT molecular complexity index is 1280. The summed E-state index contributed by atoms with van der Waals surface area (Å²) in [7, 11) is 1.52. The van der Waals surface area contributed by atoms with Gasteiger partial charge in [-0.05, 0) is 24.3 Å². The second-order valence-corrected chi connectivity index (χ2v) is 5.61. The number of phenolic OH excluding ortho intramolecular Hbond substituents is 1. The van der Waals surface area contributed by atoms with E-state index in [0.29, 0.717) is 32.4 Å². The van der Waals surface area contributed by atoms with Gasteiger partial charge in [0.25, 0.3) is 0 Å². The number of hydrogen-bond acceptors (Lipinski definition) is 5. The molecule has 0 atom stereocenters. The van der Waals surface area contributed by atoms with Crippen molar-refractivity contribution in [3.05, 3.63) is 68.9 Å². The number of benzene rings is 2. The van der Waals surface area contributed by atoms with Crippen LogP contribution in [-0.4, -0.2) is 33.1 Å². The molecule has 0 aliphatic rings. The first-order valence-electron chi connectivity index (χ1n) is 7.76. The number of phenols is 1. The number of aromatic nitrogens is 3. The highest BCUT2D eigenvalue weighted by Crippen LogP contribution is 2.29. The Hall–Kier alpha value is -3.81. The molecule has 0 bridgehead atoms. The van der Waals surface area contributed by atoms with Gasteiger partial charge in [0.05, 0.1) is 29.7 Å². The lowest BCUT2D eigenvalue weighted by Gasteiger charge is -2.02. The SMILES string of the molecule is COc1cccc2[nH]c3c(=O)n(N=Cc4ccccc4O)c(=O)[nH]c3c12. The molecule has 0 aliphatic carbocycles. The van der Waals surface area contributed by atoms with Crippen LogP contribution in [-0.2, 0) is 0 Å². The van der Waals surface area contributed by atoms with Gasteiger partial charge in [0.1, 0.15) is 17.0 Å². The molecule has 2 aromatic heterocycles.